The predicted octanol–water partition coefficient (Wildman–Crippen LogP) is 4.03. The van der Waals surface area contributed by atoms with Crippen molar-refractivity contribution in [1.82, 2.24) is 10.2 Å². The number of rotatable bonds is 6. The summed E-state index contributed by atoms with van der Waals surface area (Å²) in [4.78, 5) is 6.90. The number of nitrogens with one attached hydrogen (secondary N) is 1. The van der Waals surface area contributed by atoms with Crippen molar-refractivity contribution in [2.45, 2.75) is 38.8 Å². The molecule has 1 fully saturated rings. The van der Waals surface area contributed by atoms with Gasteiger partial charge in [-0.1, -0.05) is 28.1 Å². The molecule has 1 aromatic carbocycles. The van der Waals surface area contributed by atoms with E-state index in [1.54, 1.807) is 0 Å². The zero-order valence-electron chi connectivity index (χ0n) is 13.9. The summed E-state index contributed by atoms with van der Waals surface area (Å²) in [6.07, 6.45) is 3.79. The largest absolute Gasteiger partial charge is 0.378 e. The van der Waals surface area contributed by atoms with Gasteiger partial charge in [-0.05, 0) is 43.9 Å². The summed E-state index contributed by atoms with van der Waals surface area (Å²) in [6.45, 7) is 5.56. The Hall–Kier alpha value is -0.340. The molecule has 2 rings (SSSR count). The van der Waals surface area contributed by atoms with Crippen molar-refractivity contribution < 1.29 is 4.74 Å². The van der Waals surface area contributed by atoms with Crippen molar-refractivity contribution in [3.05, 3.63) is 34.3 Å². The lowest BCUT2D eigenvalue weighted by Gasteiger charge is -2.22. The molecule has 0 aromatic heterocycles. The van der Waals surface area contributed by atoms with Crippen LogP contribution in [0.3, 0.4) is 0 Å². The van der Waals surface area contributed by atoms with Crippen LogP contribution in [-0.4, -0.2) is 43.7 Å². The fourth-order valence-corrected chi connectivity index (χ4v) is 2.86. The SMILES string of the molecule is CCNC(=NCCC1CCCO1)N(C)Cc1ccc(Br)cc1.I. The van der Waals surface area contributed by atoms with Crippen LogP contribution >= 0.6 is 39.9 Å². The van der Waals surface area contributed by atoms with E-state index in [0.29, 0.717) is 6.10 Å². The minimum Gasteiger partial charge on any atom is -0.378 e. The van der Waals surface area contributed by atoms with Crippen LogP contribution in [0.1, 0.15) is 31.7 Å². The van der Waals surface area contributed by atoms with E-state index < -0.39 is 0 Å². The first kappa shape index (κ1) is 20.7. The molecule has 1 unspecified atom stereocenters. The first-order valence-corrected chi connectivity index (χ1v) is 8.84. The summed E-state index contributed by atoms with van der Waals surface area (Å²) in [7, 11) is 2.08. The molecule has 0 radical (unpaired) electrons. The van der Waals surface area contributed by atoms with Crippen LogP contribution in [0.15, 0.2) is 33.7 Å². The number of hydrogen-bond donors (Lipinski definition) is 1. The Kier molecular flexibility index (Phi) is 10.1. The van der Waals surface area contributed by atoms with Gasteiger partial charge in [0.25, 0.3) is 0 Å². The van der Waals surface area contributed by atoms with E-state index >= 15 is 0 Å². The second-order valence-corrected chi connectivity index (χ2v) is 6.56. The number of benzene rings is 1. The van der Waals surface area contributed by atoms with E-state index in [1.165, 1.54) is 18.4 Å². The van der Waals surface area contributed by atoms with Crippen molar-refractivity contribution in [3.8, 4) is 0 Å². The molecule has 1 atom stereocenters. The third-order valence-electron chi connectivity index (χ3n) is 3.77. The van der Waals surface area contributed by atoms with E-state index in [4.69, 9.17) is 9.73 Å². The van der Waals surface area contributed by atoms with Gasteiger partial charge in [-0.15, -0.1) is 24.0 Å². The molecule has 0 aliphatic carbocycles. The summed E-state index contributed by atoms with van der Waals surface area (Å²) < 4.78 is 6.76. The van der Waals surface area contributed by atoms with Gasteiger partial charge in [0, 0.05) is 37.8 Å². The maximum Gasteiger partial charge on any atom is 0.193 e. The Labute approximate surface area is 165 Å². The Morgan fingerprint density at radius 1 is 1.39 bits per heavy atom. The maximum atomic E-state index is 5.65. The molecule has 4 nitrogen and oxygen atoms in total. The highest BCUT2D eigenvalue weighted by molar-refractivity contribution is 14.0. The highest BCUT2D eigenvalue weighted by Gasteiger charge is 2.15. The Balaban J connectivity index is 0.00000264. The number of nitrogens with zero attached hydrogens (tertiary/aromatic N) is 2. The summed E-state index contributed by atoms with van der Waals surface area (Å²) in [5, 5.41) is 3.37. The second-order valence-electron chi connectivity index (χ2n) is 5.64. The molecule has 6 heteroatoms. The zero-order valence-corrected chi connectivity index (χ0v) is 17.8. The van der Waals surface area contributed by atoms with E-state index in [9.17, 15) is 0 Å². The van der Waals surface area contributed by atoms with Crippen LogP contribution in [0.25, 0.3) is 0 Å². The average Bonchev–Trinajstić information content (AvgIpc) is 3.02. The van der Waals surface area contributed by atoms with Crippen LogP contribution < -0.4 is 5.32 Å². The Bertz CT molecular complexity index is 475. The minimum absolute atomic E-state index is 0. The van der Waals surface area contributed by atoms with Crippen molar-refractivity contribution in [2.24, 2.45) is 4.99 Å². The topological polar surface area (TPSA) is 36.9 Å². The van der Waals surface area contributed by atoms with Crippen LogP contribution in [0, 0.1) is 0 Å². The lowest BCUT2D eigenvalue weighted by molar-refractivity contribution is 0.106. The summed E-state index contributed by atoms with van der Waals surface area (Å²) in [6, 6.07) is 8.42. The van der Waals surface area contributed by atoms with Gasteiger partial charge < -0.3 is 15.0 Å². The van der Waals surface area contributed by atoms with Gasteiger partial charge in [-0.25, -0.2) is 0 Å². The Morgan fingerprint density at radius 3 is 2.74 bits per heavy atom. The number of halogens is 2. The molecule has 1 saturated heterocycles. The van der Waals surface area contributed by atoms with E-state index in [0.717, 1.165) is 43.1 Å². The summed E-state index contributed by atoms with van der Waals surface area (Å²) >= 11 is 3.47. The molecule has 1 aliphatic heterocycles. The number of guanidine groups is 1. The van der Waals surface area contributed by atoms with Crippen LogP contribution in [0.5, 0.6) is 0 Å². The lowest BCUT2D eigenvalue weighted by atomic mass is 10.2. The number of aliphatic imine (C=N–C) groups is 1. The molecule has 23 heavy (non-hydrogen) atoms. The zero-order chi connectivity index (χ0) is 15.8. The highest BCUT2D eigenvalue weighted by Crippen LogP contribution is 2.15. The monoisotopic (exact) mass is 495 g/mol. The van der Waals surface area contributed by atoms with Gasteiger partial charge in [0.2, 0.25) is 0 Å². The molecule has 1 aromatic rings. The second kappa shape index (κ2) is 11.3. The van der Waals surface area contributed by atoms with Crippen molar-refractivity contribution in [2.75, 3.05) is 26.7 Å². The maximum absolute atomic E-state index is 5.65. The summed E-state index contributed by atoms with van der Waals surface area (Å²) in [5.41, 5.74) is 1.27. The van der Waals surface area contributed by atoms with Crippen molar-refractivity contribution in [3.63, 3.8) is 0 Å². The van der Waals surface area contributed by atoms with E-state index in [-0.39, 0.29) is 24.0 Å². The predicted molar refractivity (Wildman–Crippen MR) is 111 cm³/mol. The number of hydrogen-bond acceptors (Lipinski definition) is 2. The van der Waals surface area contributed by atoms with E-state index in [2.05, 4.69) is 64.4 Å². The normalized spacial score (nSPS) is 17.7. The third kappa shape index (κ3) is 7.39. The molecule has 0 bridgehead atoms. The number of ether oxygens (including phenoxy) is 1. The fraction of sp³-hybridized carbons (Fsp3) is 0.588. The smallest absolute Gasteiger partial charge is 0.193 e. The highest BCUT2D eigenvalue weighted by atomic mass is 127. The standard InChI is InChI=1S/C17H26BrN3O.HI/c1-3-19-17(20-11-10-16-5-4-12-22-16)21(2)13-14-6-8-15(18)9-7-14;/h6-9,16H,3-5,10-13H2,1-2H3,(H,19,20);1H. The summed E-state index contributed by atoms with van der Waals surface area (Å²) in [5.74, 6) is 0.961. The molecule has 0 saturated carbocycles. The first-order valence-electron chi connectivity index (χ1n) is 8.04. The van der Waals surface area contributed by atoms with E-state index in [1.807, 2.05) is 0 Å². The van der Waals surface area contributed by atoms with Gasteiger partial charge in [-0.3, -0.25) is 4.99 Å². The van der Waals surface area contributed by atoms with Crippen molar-refractivity contribution >= 4 is 45.9 Å². The quantitative estimate of drug-likeness (QED) is 0.367. The minimum atomic E-state index is 0. The Morgan fingerprint density at radius 2 is 2.13 bits per heavy atom. The molecule has 0 spiro atoms. The molecular formula is C17H27BrIN3O. The van der Waals surface area contributed by atoms with Crippen LogP contribution in [-0.2, 0) is 11.3 Å². The first-order chi connectivity index (χ1) is 10.7. The molecule has 1 N–H and O–H groups in total. The lowest BCUT2D eigenvalue weighted by Crippen LogP contribution is -2.38. The van der Waals surface area contributed by atoms with Crippen LogP contribution in [0.2, 0.25) is 0 Å². The molecule has 1 aliphatic rings. The van der Waals surface area contributed by atoms with Gasteiger partial charge in [0.05, 0.1) is 6.10 Å². The molecular weight excluding hydrogens is 469 g/mol. The molecule has 0 amide bonds. The fourth-order valence-electron chi connectivity index (χ4n) is 2.59. The van der Waals surface area contributed by atoms with Crippen molar-refractivity contribution in [1.29, 1.82) is 0 Å². The van der Waals surface area contributed by atoms with Crippen LogP contribution in [0.4, 0.5) is 0 Å². The van der Waals surface area contributed by atoms with Gasteiger partial charge in [-0.2, -0.15) is 0 Å². The van der Waals surface area contributed by atoms with Gasteiger partial charge >= 0.3 is 0 Å². The van der Waals surface area contributed by atoms with Gasteiger partial charge in [0.15, 0.2) is 5.96 Å². The third-order valence-corrected chi connectivity index (χ3v) is 4.29. The van der Waals surface area contributed by atoms with Gasteiger partial charge in [0.1, 0.15) is 0 Å². The average molecular weight is 496 g/mol. The molecule has 1 heterocycles. The molecule has 130 valence electrons.